The molecule has 0 fully saturated rings. The molecule has 0 aliphatic carbocycles. The maximum atomic E-state index is 13.8. The molecule has 206 valence electrons. The van der Waals surface area contributed by atoms with Crippen LogP contribution in [0.3, 0.4) is 0 Å². The molecule has 2 aromatic heterocycles. The van der Waals surface area contributed by atoms with E-state index in [9.17, 15) is 39.6 Å². The molecule has 2 heterocycles. The predicted octanol–water partition coefficient (Wildman–Crippen LogP) is 5.30. The van der Waals surface area contributed by atoms with Crippen LogP contribution in [0.1, 0.15) is 11.3 Å². The lowest BCUT2D eigenvalue weighted by Gasteiger charge is -2.13. The third-order valence-electron chi connectivity index (χ3n) is 5.30. The van der Waals surface area contributed by atoms with E-state index in [1.165, 1.54) is 32.3 Å². The van der Waals surface area contributed by atoms with E-state index in [2.05, 4.69) is 15.4 Å². The minimum Gasteiger partial charge on any atom is -0.404 e. The highest BCUT2D eigenvalue weighted by molar-refractivity contribution is 7.89. The average Bonchev–Trinajstić information content (AvgIpc) is 3.24. The number of amides is 1. The van der Waals surface area contributed by atoms with Crippen LogP contribution in [0.5, 0.6) is 5.75 Å². The van der Waals surface area contributed by atoms with Gasteiger partial charge in [0, 0.05) is 25.3 Å². The van der Waals surface area contributed by atoms with Gasteiger partial charge in [-0.1, -0.05) is 18.2 Å². The molecule has 0 spiro atoms. The molecule has 2 aromatic carbocycles. The molecule has 9 nitrogen and oxygen atoms in total. The molecule has 0 unspecified atom stereocenters. The summed E-state index contributed by atoms with van der Waals surface area (Å²) in [6.07, 6.45) is -9.99. The molecule has 0 aliphatic rings. The zero-order valence-electron chi connectivity index (χ0n) is 19.9. The zero-order valence-corrected chi connectivity index (χ0v) is 20.7. The highest BCUT2D eigenvalue weighted by atomic mass is 32.2. The van der Waals surface area contributed by atoms with Crippen molar-refractivity contribution in [1.29, 1.82) is 0 Å². The van der Waals surface area contributed by atoms with Crippen molar-refractivity contribution in [1.82, 2.24) is 18.9 Å². The van der Waals surface area contributed by atoms with E-state index >= 15 is 0 Å². The molecule has 0 atom stereocenters. The van der Waals surface area contributed by atoms with E-state index in [0.717, 1.165) is 28.7 Å². The van der Waals surface area contributed by atoms with Crippen LogP contribution in [0.25, 0.3) is 16.9 Å². The van der Waals surface area contributed by atoms with Gasteiger partial charge in [-0.15, -0.1) is 0 Å². The standard InChI is InChI=1S/C23H17F6N5O4S/c1-33(2)39(36,37)16-5-3-4-15(10-16)31-21(35)38-18-12-30-34-19(23(27,28)29)11-17(32-20(18)34)13-6-8-14(9-7-13)22(24,25)26/h3-12H,1-2H3,(H,31,35). The second-order valence-electron chi connectivity index (χ2n) is 8.17. The summed E-state index contributed by atoms with van der Waals surface area (Å²) < 4.78 is 111. The van der Waals surface area contributed by atoms with Crippen LogP contribution in [-0.2, 0) is 22.4 Å². The molecule has 1 N–H and O–H groups in total. The quantitative estimate of drug-likeness (QED) is 0.325. The van der Waals surface area contributed by atoms with Gasteiger partial charge < -0.3 is 4.74 Å². The number of nitrogens with one attached hydrogen (secondary N) is 1. The van der Waals surface area contributed by atoms with Crippen LogP contribution in [0.4, 0.5) is 36.8 Å². The number of sulfonamides is 1. The van der Waals surface area contributed by atoms with Crippen molar-refractivity contribution in [2.75, 3.05) is 19.4 Å². The van der Waals surface area contributed by atoms with E-state index < -0.39 is 51.1 Å². The summed E-state index contributed by atoms with van der Waals surface area (Å²) >= 11 is 0. The van der Waals surface area contributed by atoms with Gasteiger partial charge in [-0.3, -0.25) is 5.32 Å². The Morgan fingerprint density at radius 2 is 1.64 bits per heavy atom. The van der Waals surface area contributed by atoms with E-state index in [1.807, 2.05) is 0 Å². The van der Waals surface area contributed by atoms with Crippen molar-refractivity contribution in [3.05, 3.63) is 72.1 Å². The molecule has 0 aliphatic heterocycles. The number of aromatic nitrogens is 3. The van der Waals surface area contributed by atoms with Gasteiger partial charge in [0.1, 0.15) is 0 Å². The summed E-state index contributed by atoms with van der Waals surface area (Å²) in [7, 11) is -1.19. The summed E-state index contributed by atoms with van der Waals surface area (Å²) in [5, 5.41) is 5.86. The summed E-state index contributed by atoms with van der Waals surface area (Å²) in [5.41, 5.74) is -3.27. The van der Waals surface area contributed by atoms with Gasteiger partial charge in [0.25, 0.3) is 0 Å². The fourth-order valence-corrected chi connectivity index (χ4v) is 4.33. The second kappa shape index (κ2) is 9.85. The van der Waals surface area contributed by atoms with Crippen LogP contribution < -0.4 is 10.1 Å². The summed E-state index contributed by atoms with van der Waals surface area (Å²) in [6, 6.07) is 9.06. The molecule has 16 heteroatoms. The van der Waals surface area contributed by atoms with Gasteiger partial charge in [0.15, 0.2) is 17.1 Å². The van der Waals surface area contributed by atoms with E-state index in [-0.39, 0.29) is 21.8 Å². The van der Waals surface area contributed by atoms with Crippen LogP contribution in [0.2, 0.25) is 0 Å². The number of rotatable bonds is 5. The highest BCUT2D eigenvalue weighted by Gasteiger charge is 2.36. The number of carbonyl (C=O) groups is 1. The first-order valence-electron chi connectivity index (χ1n) is 10.7. The summed E-state index contributed by atoms with van der Waals surface area (Å²) in [4.78, 5) is 16.4. The summed E-state index contributed by atoms with van der Waals surface area (Å²) in [5.74, 6) is -0.496. The van der Waals surface area contributed by atoms with Crippen LogP contribution in [0.15, 0.2) is 65.7 Å². The Morgan fingerprint density at radius 3 is 2.23 bits per heavy atom. The van der Waals surface area contributed by atoms with Crippen molar-refractivity contribution < 1.29 is 44.3 Å². The predicted molar refractivity (Wildman–Crippen MR) is 125 cm³/mol. The lowest BCUT2D eigenvalue weighted by Crippen LogP contribution is -2.22. The fourth-order valence-electron chi connectivity index (χ4n) is 3.38. The van der Waals surface area contributed by atoms with Gasteiger partial charge >= 0.3 is 18.4 Å². The van der Waals surface area contributed by atoms with Gasteiger partial charge in [0.2, 0.25) is 10.0 Å². The van der Waals surface area contributed by atoms with Crippen LogP contribution in [-0.4, -0.2) is 47.5 Å². The monoisotopic (exact) mass is 573 g/mol. The zero-order chi connectivity index (χ0) is 28.8. The smallest absolute Gasteiger partial charge is 0.404 e. The maximum Gasteiger partial charge on any atom is 0.433 e. The SMILES string of the molecule is CN(C)S(=O)(=O)c1cccc(NC(=O)Oc2cnn3c(C(F)(F)F)cc(-c4ccc(C(F)(F)F)cc4)nc23)c1. The Labute approximate surface area is 216 Å². The van der Waals surface area contributed by atoms with Crippen molar-refractivity contribution in [3.63, 3.8) is 0 Å². The minimum atomic E-state index is -4.95. The number of carbonyl (C=O) groups excluding carboxylic acids is 1. The number of nitrogens with zero attached hydrogens (tertiary/aromatic N) is 4. The Balaban J connectivity index is 1.68. The third kappa shape index (κ3) is 5.80. The lowest BCUT2D eigenvalue weighted by molar-refractivity contribution is -0.142. The van der Waals surface area contributed by atoms with Crippen LogP contribution in [0, 0.1) is 0 Å². The van der Waals surface area contributed by atoms with Gasteiger partial charge in [-0.25, -0.2) is 27.0 Å². The molecule has 4 rings (SSSR count). The van der Waals surface area contributed by atoms with Crippen molar-refractivity contribution in [2.45, 2.75) is 17.2 Å². The number of anilines is 1. The Bertz CT molecular complexity index is 1650. The molecular weight excluding hydrogens is 556 g/mol. The van der Waals surface area contributed by atoms with Gasteiger partial charge in [0.05, 0.1) is 22.3 Å². The number of ether oxygens (including phenoxy) is 1. The van der Waals surface area contributed by atoms with Crippen LogP contribution >= 0.6 is 0 Å². The number of alkyl halides is 6. The molecule has 4 aromatic rings. The second-order valence-corrected chi connectivity index (χ2v) is 10.3. The number of benzene rings is 2. The highest BCUT2D eigenvalue weighted by Crippen LogP contribution is 2.35. The average molecular weight is 573 g/mol. The number of fused-ring (bicyclic) bond motifs is 1. The van der Waals surface area contributed by atoms with Gasteiger partial charge in [-0.05, 0) is 36.4 Å². The Kier molecular flexibility index (Phi) is 7.03. The normalized spacial score (nSPS) is 12.6. The number of hydrogen-bond acceptors (Lipinski definition) is 6. The lowest BCUT2D eigenvalue weighted by atomic mass is 10.1. The molecule has 0 saturated carbocycles. The van der Waals surface area contributed by atoms with Crippen molar-refractivity contribution in [2.24, 2.45) is 0 Å². The molecule has 39 heavy (non-hydrogen) atoms. The van der Waals surface area contributed by atoms with E-state index in [0.29, 0.717) is 22.7 Å². The number of halogens is 6. The third-order valence-corrected chi connectivity index (χ3v) is 7.11. The first kappa shape index (κ1) is 27.8. The van der Waals surface area contributed by atoms with Gasteiger partial charge in [-0.2, -0.15) is 31.4 Å². The fraction of sp³-hybridized carbons (Fsp3) is 0.174. The molecule has 0 radical (unpaired) electrons. The van der Waals surface area contributed by atoms with Crippen molar-refractivity contribution >= 4 is 27.5 Å². The molecule has 0 saturated heterocycles. The first-order valence-corrected chi connectivity index (χ1v) is 12.2. The molecule has 1 amide bonds. The Morgan fingerprint density at radius 1 is 0.974 bits per heavy atom. The van der Waals surface area contributed by atoms with E-state index in [1.54, 1.807) is 0 Å². The maximum absolute atomic E-state index is 13.8. The number of hydrogen-bond donors (Lipinski definition) is 1. The minimum absolute atomic E-state index is 0.00813. The topological polar surface area (TPSA) is 106 Å². The summed E-state index contributed by atoms with van der Waals surface area (Å²) in [6.45, 7) is 0. The Hall–Kier alpha value is -4.18. The largest absolute Gasteiger partial charge is 0.433 e. The van der Waals surface area contributed by atoms with Crippen molar-refractivity contribution in [3.8, 4) is 17.0 Å². The first-order chi connectivity index (χ1) is 18.1. The molecule has 0 bridgehead atoms. The van der Waals surface area contributed by atoms with E-state index in [4.69, 9.17) is 4.74 Å². The molecular formula is C23H17F6N5O4S.